The van der Waals surface area contributed by atoms with Crippen LogP contribution in [0, 0.1) is 11.5 Å². The zero-order valence-electron chi connectivity index (χ0n) is 14.8. The van der Waals surface area contributed by atoms with Crippen LogP contribution in [0.15, 0.2) is 0 Å². The molecule has 6 heteroatoms. The number of hydrogen-bond acceptors (Lipinski definition) is 4. The highest BCUT2D eigenvalue weighted by Gasteiger charge is 2.33. The molecule has 126 valence electrons. The Hall–Kier alpha value is -1.32. The molecular weight excluding hydrogens is 298 g/mol. The Balaban J connectivity index is 4.83. The fourth-order valence-corrected chi connectivity index (χ4v) is 2.25. The highest BCUT2D eigenvalue weighted by Crippen LogP contribution is 2.35. The maximum absolute atomic E-state index is 11.7. The standard InChI is InChI=1S/C16H29NO4Si/c1-8-21-12-14(18)17-13(15(19)20-5)10-9-11-22(6,7)16(2,3)4/h13H,8,10,12H2,1-7H3,(H,17,18)/t13-/m1/s1. The average Bonchev–Trinajstić information content (AvgIpc) is 2.41. The van der Waals surface area contributed by atoms with Gasteiger partial charge in [0.25, 0.3) is 0 Å². The number of methoxy groups -OCH3 is 1. The van der Waals surface area contributed by atoms with Crippen LogP contribution in [0.4, 0.5) is 0 Å². The molecule has 0 rings (SSSR count). The van der Waals surface area contributed by atoms with Crippen LogP contribution in [0.25, 0.3) is 0 Å². The lowest BCUT2D eigenvalue weighted by molar-refractivity contribution is -0.145. The smallest absolute Gasteiger partial charge is 0.329 e. The van der Waals surface area contributed by atoms with Crippen LogP contribution < -0.4 is 5.32 Å². The van der Waals surface area contributed by atoms with Gasteiger partial charge in [0.2, 0.25) is 5.91 Å². The quantitative estimate of drug-likeness (QED) is 0.461. The van der Waals surface area contributed by atoms with Crippen LogP contribution in [0.5, 0.6) is 0 Å². The summed E-state index contributed by atoms with van der Waals surface area (Å²) in [6.07, 6.45) is 0.247. The predicted octanol–water partition coefficient (Wildman–Crippen LogP) is 2.12. The summed E-state index contributed by atoms with van der Waals surface area (Å²) in [5, 5.41) is 2.75. The van der Waals surface area contributed by atoms with Gasteiger partial charge in [0.1, 0.15) is 20.7 Å². The van der Waals surface area contributed by atoms with Crippen molar-refractivity contribution in [2.45, 2.75) is 58.3 Å². The summed E-state index contributed by atoms with van der Waals surface area (Å²) in [5.74, 6) is 2.23. The molecule has 0 aromatic rings. The molecule has 1 N–H and O–H groups in total. The number of carbonyl (C=O) groups excluding carboxylic acids is 2. The Kier molecular flexibility index (Phi) is 8.42. The summed E-state index contributed by atoms with van der Waals surface area (Å²) in [5.41, 5.74) is 3.32. The first-order valence-corrected chi connectivity index (χ1v) is 10.5. The van der Waals surface area contributed by atoms with E-state index in [1.54, 1.807) is 6.92 Å². The van der Waals surface area contributed by atoms with E-state index in [-0.39, 0.29) is 24.0 Å². The Morgan fingerprint density at radius 2 is 1.86 bits per heavy atom. The summed E-state index contributed by atoms with van der Waals surface area (Å²) in [4.78, 5) is 23.4. The van der Waals surface area contributed by atoms with Crippen LogP contribution in [0.3, 0.4) is 0 Å². The highest BCUT2D eigenvalue weighted by atomic mass is 28.3. The van der Waals surface area contributed by atoms with E-state index in [1.165, 1.54) is 7.11 Å². The molecule has 0 spiro atoms. The minimum absolute atomic E-state index is 0.0698. The van der Waals surface area contributed by atoms with Gasteiger partial charge in [0, 0.05) is 13.0 Å². The number of esters is 1. The molecule has 0 aromatic carbocycles. The molecule has 0 fully saturated rings. The number of carbonyl (C=O) groups is 2. The van der Waals surface area contributed by atoms with E-state index < -0.39 is 20.1 Å². The third-order valence-electron chi connectivity index (χ3n) is 3.84. The van der Waals surface area contributed by atoms with Crippen molar-refractivity contribution in [1.29, 1.82) is 0 Å². The van der Waals surface area contributed by atoms with Crippen LogP contribution in [-0.4, -0.2) is 46.3 Å². The average molecular weight is 327 g/mol. The lowest BCUT2D eigenvalue weighted by Gasteiger charge is -2.31. The molecule has 0 bridgehead atoms. The van der Waals surface area contributed by atoms with Gasteiger partial charge in [0.15, 0.2) is 0 Å². The SMILES string of the molecule is CCOCC(=O)N[C@H](CC#C[Si](C)(C)C(C)(C)C)C(=O)OC. The number of hydrogen-bond donors (Lipinski definition) is 1. The normalized spacial score (nSPS) is 12.9. The molecule has 0 radical (unpaired) electrons. The van der Waals surface area contributed by atoms with Gasteiger partial charge >= 0.3 is 5.97 Å². The van der Waals surface area contributed by atoms with Gasteiger partial charge in [-0.15, -0.1) is 11.5 Å². The Bertz CT molecular complexity index is 443. The molecule has 0 unspecified atom stereocenters. The summed E-state index contributed by atoms with van der Waals surface area (Å²) in [7, 11) is -0.431. The second kappa shape index (κ2) is 8.96. The second-order valence-electron chi connectivity index (χ2n) is 6.66. The molecule has 0 aromatic heterocycles. The Labute approximate surface area is 135 Å². The molecule has 0 aliphatic heterocycles. The zero-order valence-corrected chi connectivity index (χ0v) is 15.8. The topological polar surface area (TPSA) is 64.6 Å². The molecule has 0 saturated carbocycles. The van der Waals surface area contributed by atoms with Gasteiger partial charge in [-0.25, -0.2) is 4.79 Å². The van der Waals surface area contributed by atoms with Gasteiger partial charge in [-0.1, -0.05) is 33.9 Å². The third kappa shape index (κ3) is 7.10. The number of ether oxygens (including phenoxy) is 2. The summed E-state index contributed by atoms with van der Waals surface area (Å²) in [6.45, 7) is 13.1. The fourth-order valence-electron chi connectivity index (χ4n) is 1.33. The van der Waals surface area contributed by atoms with E-state index in [4.69, 9.17) is 9.47 Å². The van der Waals surface area contributed by atoms with E-state index in [2.05, 4.69) is 50.6 Å². The molecule has 22 heavy (non-hydrogen) atoms. The van der Waals surface area contributed by atoms with Crippen LogP contribution in [0.1, 0.15) is 34.1 Å². The summed E-state index contributed by atoms with van der Waals surface area (Å²) >= 11 is 0. The lowest BCUT2D eigenvalue weighted by Crippen LogP contribution is -2.43. The van der Waals surface area contributed by atoms with Crippen molar-refractivity contribution in [3.8, 4) is 11.5 Å². The van der Waals surface area contributed by atoms with Gasteiger partial charge in [-0.3, -0.25) is 4.79 Å². The lowest BCUT2D eigenvalue weighted by atomic mass is 10.2. The van der Waals surface area contributed by atoms with Crippen molar-refractivity contribution in [2.24, 2.45) is 0 Å². The molecule has 1 amide bonds. The first-order chi connectivity index (χ1) is 10.0. The second-order valence-corrected chi connectivity index (χ2v) is 11.7. The van der Waals surface area contributed by atoms with Crippen LogP contribution in [-0.2, 0) is 19.1 Å². The van der Waals surface area contributed by atoms with E-state index in [1.807, 2.05) is 0 Å². The minimum atomic E-state index is -1.73. The van der Waals surface area contributed by atoms with Crippen LogP contribution in [0.2, 0.25) is 18.1 Å². The predicted molar refractivity (Wildman–Crippen MR) is 90.0 cm³/mol. The van der Waals surface area contributed by atoms with E-state index in [9.17, 15) is 9.59 Å². The number of nitrogens with one attached hydrogen (secondary N) is 1. The fraction of sp³-hybridized carbons (Fsp3) is 0.750. The molecule has 0 aliphatic rings. The van der Waals surface area contributed by atoms with Crippen molar-refractivity contribution in [3.63, 3.8) is 0 Å². The van der Waals surface area contributed by atoms with Crippen molar-refractivity contribution in [3.05, 3.63) is 0 Å². The zero-order chi connectivity index (χ0) is 17.4. The molecule has 0 saturated heterocycles. The van der Waals surface area contributed by atoms with E-state index in [0.717, 1.165) is 0 Å². The number of amides is 1. The van der Waals surface area contributed by atoms with E-state index >= 15 is 0 Å². The van der Waals surface area contributed by atoms with E-state index in [0.29, 0.717) is 6.61 Å². The van der Waals surface area contributed by atoms with Gasteiger partial charge < -0.3 is 14.8 Å². The first kappa shape index (κ1) is 20.7. The molecular formula is C16H29NO4Si. The van der Waals surface area contributed by atoms with Crippen LogP contribution >= 0.6 is 0 Å². The molecule has 5 nitrogen and oxygen atoms in total. The highest BCUT2D eigenvalue weighted by molar-refractivity contribution is 6.87. The molecule has 1 atom stereocenters. The van der Waals surface area contributed by atoms with Crippen molar-refractivity contribution in [2.75, 3.05) is 20.3 Å². The largest absolute Gasteiger partial charge is 0.467 e. The van der Waals surface area contributed by atoms with Crippen molar-refractivity contribution in [1.82, 2.24) is 5.32 Å². The molecule has 0 aliphatic carbocycles. The van der Waals surface area contributed by atoms with Crippen molar-refractivity contribution < 1.29 is 19.1 Å². The van der Waals surface area contributed by atoms with Gasteiger partial charge in [-0.05, 0) is 12.0 Å². The van der Waals surface area contributed by atoms with Gasteiger partial charge in [0.05, 0.1) is 7.11 Å². The third-order valence-corrected chi connectivity index (χ3v) is 8.39. The maximum Gasteiger partial charge on any atom is 0.329 e. The van der Waals surface area contributed by atoms with Crippen molar-refractivity contribution >= 4 is 20.0 Å². The Morgan fingerprint density at radius 3 is 2.32 bits per heavy atom. The summed E-state index contributed by atoms with van der Waals surface area (Å²) < 4.78 is 9.74. The maximum atomic E-state index is 11.7. The monoisotopic (exact) mass is 327 g/mol. The molecule has 0 heterocycles. The first-order valence-electron chi connectivity index (χ1n) is 7.50. The Morgan fingerprint density at radius 1 is 1.27 bits per heavy atom. The number of rotatable bonds is 6. The van der Waals surface area contributed by atoms with Gasteiger partial charge in [-0.2, -0.15) is 0 Å². The minimum Gasteiger partial charge on any atom is -0.467 e. The summed E-state index contributed by atoms with van der Waals surface area (Å²) in [6, 6.07) is -0.754.